The van der Waals surface area contributed by atoms with Crippen molar-refractivity contribution in [3.8, 4) is 17.3 Å². The van der Waals surface area contributed by atoms with Gasteiger partial charge in [0, 0.05) is 12.3 Å². The van der Waals surface area contributed by atoms with Gasteiger partial charge in [-0.25, -0.2) is 9.66 Å². The lowest BCUT2D eigenvalue weighted by atomic mass is 10.2. The Balaban J connectivity index is 1.90. The van der Waals surface area contributed by atoms with Gasteiger partial charge < -0.3 is 15.0 Å². The van der Waals surface area contributed by atoms with E-state index in [1.165, 1.54) is 16.4 Å². The van der Waals surface area contributed by atoms with Crippen molar-refractivity contribution < 1.29 is 9.15 Å². The van der Waals surface area contributed by atoms with E-state index in [1.54, 1.807) is 31.7 Å². The van der Waals surface area contributed by atoms with Crippen LogP contribution in [0.2, 0.25) is 0 Å². The molecule has 0 fully saturated rings. The summed E-state index contributed by atoms with van der Waals surface area (Å²) in [6.07, 6.45) is 3.18. The van der Waals surface area contributed by atoms with Crippen LogP contribution < -0.4 is 10.6 Å². The Morgan fingerprint density at radius 3 is 2.90 bits per heavy atom. The van der Waals surface area contributed by atoms with Crippen LogP contribution in [0.4, 0.5) is 0 Å². The number of aromatic nitrogens is 5. The molecule has 3 rings (SSSR count). The highest BCUT2D eigenvalue weighted by molar-refractivity contribution is 7.99. The SMILES string of the molecule is COc1ccnc(Sc2nnc(-c3ccoc3C)n2N)n1. The van der Waals surface area contributed by atoms with Gasteiger partial charge in [0.15, 0.2) is 11.0 Å². The van der Waals surface area contributed by atoms with Crippen LogP contribution in [0.5, 0.6) is 5.88 Å². The van der Waals surface area contributed by atoms with Gasteiger partial charge in [-0.1, -0.05) is 0 Å². The van der Waals surface area contributed by atoms with E-state index in [-0.39, 0.29) is 0 Å². The minimum atomic E-state index is 0.471. The normalized spacial score (nSPS) is 10.8. The Bertz CT molecular complexity index is 769. The van der Waals surface area contributed by atoms with Crippen molar-refractivity contribution in [2.75, 3.05) is 13.0 Å². The van der Waals surface area contributed by atoms with Crippen molar-refractivity contribution in [3.05, 3.63) is 30.4 Å². The van der Waals surface area contributed by atoms with Crippen LogP contribution in [-0.4, -0.2) is 32.0 Å². The highest BCUT2D eigenvalue weighted by Gasteiger charge is 2.17. The van der Waals surface area contributed by atoms with E-state index in [0.717, 1.165) is 11.3 Å². The maximum absolute atomic E-state index is 6.02. The van der Waals surface area contributed by atoms with Crippen molar-refractivity contribution >= 4 is 11.8 Å². The highest BCUT2D eigenvalue weighted by Crippen LogP contribution is 2.27. The molecule has 8 nitrogen and oxygen atoms in total. The zero-order valence-corrected chi connectivity index (χ0v) is 12.2. The van der Waals surface area contributed by atoms with E-state index >= 15 is 0 Å². The van der Waals surface area contributed by atoms with E-state index in [1.807, 2.05) is 6.92 Å². The molecule has 0 unspecified atom stereocenters. The Kier molecular flexibility index (Phi) is 3.48. The zero-order valence-electron chi connectivity index (χ0n) is 11.3. The molecule has 2 N–H and O–H groups in total. The molecule has 0 atom stereocenters. The summed E-state index contributed by atoms with van der Waals surface area (Å²) in [5.41, 5.74) is 0.795. The molecule has 3 aromatic rings. The first-order valence-electron chi connectivity index (χ1n) is 5.99. The van der Waals surface area contributed by atoms with Gasteiger partial charge in [0.2, 0.25) is 11.0 Å². The average molecular weight is 304 g/mol. The number of hydrogen-bond donors (Lipinski definition) is 1. The quantitative estimate of drug-likeness (QED) is 0.571. The molecule has 108 valence electrons. The van der Waals surface area contributed by atoms with E-state index in [4.69, 9.17) is 15.0 Å². The standard InChI is InChI=1S/C12H12N6O2S/c1-7-8(4-6-20-7)10-16-17-12(18(10)13)21-11-14-5-3-9(15-11)19-2/h3-6H,13H2,1-2H3. The highest BCUT2D eigenvalue weighted by atomic mass is 32.2. The van der Waals surface area contributed by atoms with E-state index < -0.39 is 0 Å². The minimum absolute atomic E-state index is 0.471. The summed E-state index contributed by atoms with van der Waals surface area (Å²) in [5, 5.41) is 9.08. The summed E-state index contributed by atoms with van der Waals surface area (Å²) in [5.74, 6) is 7.74. The van der Waals surface area contributed by atoms with Crippen LogP contribution >= 0.6 is 11.8 Å². The second-order valence-corrected chi connectivity index (χ2v) is 4.98. The number of rotatable bonds is 4. The van der Waals surface area contributed by atoms with Crippen molar-refractivity contribution in [1.29, 1.82) is 0 Å². The lowest BCUT2D eigenvalue weighted by Gasteiger charge is -2.03. The van der Waals surface area contributed by atoms with Crippen LogP contribution in [0.25, 0.3) is 11.4 Å². The first-order valence-corrected chi connectivity index (χ1v) is 6.80. The second kappa shape index (κ2) is 5.44. The third-order valence-electron chi connectivity index (χ3n) is 2.76. The molecule has 0 saturated heterocycles. The van der Waals surface area contributed by atoms with Crippen LogP contribution in [0.1, 0.15) is 5.76 Å². The fourth-order valence-corrected chi connectivity index (χ4v) is 2.40. The first-order chi connectivity index (χ1) is 10.2. The van der Waals surface area contributed by atoms with E-state index in [9.17, 15) is 0 Å². The molecule has 0 aliphatic carbocycles. The maximum atomic E-state index is 6.02. The summed E-state index contributed by atoms with van der Waals surface area (Å²) in [4.78, 5) is 8.32. The van der Waals surface area contributed by atoms with Gasteiger partial charge in [-0.05, 0) is 24.8 Å². The lowest BCUT2D eigenvalue weighted by molar-refractivity contribution is 0.392. The number of nitrogens with two attached hydrogens (primary N) is 1. The first kappa shape index (κ1) is 13.4. The largest absolute Gasteiger partial charge is 0.481 e. The van der Waals surface area contributed by atoms with Gasteiger partial charge >= 0.3 is 0 Å². The van der Waals surface area contributed by atoms with Crippen LogP contribution in [0.3, 0.4) is 0 Å². The van der Waals surface area contributed by atoms with Gasteiger partial charge in [0.25, 0.3) is 0 Å². The van der Waals surface area contributed by atoms with Gasteiger partial charge in [-0.2, -0.15) is 4.98 Å². The fraction of sp³-hybridized carbons (Fsp3) is 0.167. The molecule has 3 aromatic heterocycles. The number of nitrogens with zero attached hydrogens (tertiary/aromatic N) is 5. The molecule has 0 saturated carbocycles. The maximum Gasteiger partial charge on any atom is 0.217 e. The van der Waals surface area contributed by atoms with Crippen molar-refractivity contribution in [2.24, 2.45) is 0 Å². The summed E-state index contributed by atoms with van der Waals surface area (Å²) >= 11 is 1.20. The lowest BCUT2D eigenvalue weighted by Crippen LogP contribution is -2.11. The number of hydrogen-bond acceptors (Lipinski definition) is 8. The Hall–Kier alpha value is -2.55. The number of furan rings is 1. The molecule has 0 aliphatic heterocycles. The molecule has 0 amide bonds. The molecule has 0 spiro atoms. The molecule has 0 aliphatic rings. The minimum Gasteiger partial charge on any atom is -0.481 e. The zero-order chi connectivity index (χ0) is 14.8. The van der Waals surface area contributed by atoms with Gasteiger partial charge in [0.05, 0.1) is 18.9 Å². The smallest absolute Gasteiger partial charge is 0.217 e. The van der Waals surface area contributed by atoms with Gasteiger partial charge in [-0.3, -0.25) is 0 Å². The molecule has 0 aromatic carbocycles. The van der Waals surface area contributed by atoms with Crippen molar-refractivity contribution in [3.63, 3.8) is 0 Å². The fourth-order valence-electron chi connectivity index (χ4n) is 1.72. The molecule has 21 heavy (non-hydrogen) atoms. The third-order valence-corrected chi connectivity index (χ3v) is 3.60. The Morgan fingerprint density at radius 1 is 1.33 bits per heavy atom. The van der Waals surface area contributed by atoms with Crippen LogP contribution in [0, 0.1) is 6.92 Å². The van der Waals surface area contributed by atoms with Crippen LogP contribution in [0.15, 0.2) is 39.3 Å². The van der Waals surface area contributed by atoms with E-state index in [0.29, 0.717) is 22.0 Å². The van der Waals surface area contributed by atoms with E-state index in [2.05, 4.69) is 20.2 Å². The predicted molar refractivity (Wildman–Crippen MR) is 75.3 cm³/mol. The monoisotopic (exact) mass is 304 g/mol. The van der Waals surface area contributed by atoms with Crippen molar-refractivity contribution in [2.45, 2.75) is 17.2 Å². The topological polar surface area (TPSA) is 105 Å². The molecule has 0 radical (unpaired) electrons. The Labute approximate surface area is 124 Å². The predicted octanol–water partition coefficient (Wildman–Crippen LogP) is 1.51. The van der Waals surface area contributed by atoms with Gasteiger partial charge in [0.1, 0.15) is 5.76 Å². The Morgan fingerprint density at radius 2 is 2.19 bits per heavy atom. The number of methoxy groups -OCH3 is 1. The molecule has 0 bridgehead atoms. The average Bonchev–Trinajstić information content (AvgIpc) is 3.06. The number of aryl methyl sites for hydroxylation is 1. The molecule has 3 heterocycles. The van der Waals surface area contributed by atoms with Gasteiger partial charge in [-0.15, -0.1) is 10.2 Å². The van der Waals surface area contributed by atoms with Crippen molar-refractivity contribution in [1.82, 2.24) is 24.8 Å². The molecular weight excluding hydrogens is 292 g/mol. The molecule has 9 heteroatoms. The summed E-state index contributed by atoms with van der Waals surface area (Å²) in [6, 6.07) is 3.46. The number of ether oxygens (including phenoxy) is 1. The molecular formula is C12H12N6O2S. The third kappa shape index (κ3) is 2.55. The van der Waals surface area contributed by atoms with Crippen LogP contribution in [-0.2, 0) is 0 Å². The summed E-state index contributed by atoms with van der Waals surface area (Å²) in [7, 11) is 1.54. The number of nitrogen functional groups attached to an aromatic ring is 1. The summed E-state index contributed by atoms with van der Waals surface area (Å²) < 4.78 is 11.7. The second-order valence-electron chi connectivity index (χ2n) is 4.05. The summed E-state index contributed by atoms with van der Waals surface area (Å²) in [6.45, 7) is 1.84.